The van der Waals surface area contributed by atoms with Crippen molar-refractivity contribution in [3.63, 3.8) is 0 Å². The quantitative estimate of drug-likeness (QED) is 0.913. The van der Waals surface area contributed by atoms with E-state index in [1.54, 1.807) is 13.2 Å². The Morgan fingerprint density at radius 1 is 1.50 bits per heavy atom. The van der Waals surface area contributed by atoms with Crippen LogP contribution in [0, 0.1) is 5.92 Å². The van der Waals surface area contributed by atoms with Crippen LogP contribution in [-0.2, 0) is 4.74 Å². The fraction of sp³-hybridized carbons (Fsp3) is 0.600. The van der Waals surface area contributed by atoms with Gasteiger partial charge in [0.1, 0.15) is 5.82 Å². The standard InChI is InChI=1S/C15H23N3O2/c1-11(2)13-10-18(7-4-8-20-13)14-6-5-12(9-17-14)15(19)16-3/h5-6,9,11,13H,4,7-8,10H2,1-3H3,(H,16,19)/t13-/m0/s1. The third-order valence-electron chi connectivity index (χ3n) is 3.61. The molecule has 1 atom stereocenters. The van der Waals surface area contributed by atoms with Crippen LogP contribution in [0.4, 0.5) is 5.82 Å². The van der Waals surface area contributed by atoms with Gasteiger partial charge in [0.2, 0.25) is 0 Å². The molecule has 1 saturated heterocycles. The molecule has 1 amide bonds. The third-order valence-corrected chi connectivity index (χ3v) is 3.61. The van der Waals surface area contributed by atoms with Crippen molar-refractivity contribution in [2.24, 2.45) is 5.92 Å². The summed E-state index contributed by atoms with van der Waals surface area (Å²) in [6.45, 7) is 6.95. The average molecular weight is 277 g/mol. The van der Waals surface area contributed by atoms with Crippen molar-refractivity contribution in [2.45, 2.75) is 26.4 Å². The smallest absolute Gasteiger partial charge is 0.252 e. The lowest BCUT2D eigenvalue weighted by Gasteiger charge is -2.26. The lowest BCUT2D eigenvalue weighted by atomic mass is 10.1. The second-order valence-corrected chi connectivity index (χ2v) is 5.44. The summed E-state index contributed by atoms with van der Waals surface area (Å²) < 4.78 is 5.86. The van der Waals surface area contributed by atoms with Crippen LogP contribution in [0.2, 0.25) is 0 Å². The number of hydrogen-bond donors (Lipinski definition) is 1. The highest BCUT2D eigenvalue weighted by Gasteiger charge is 2.22. The molecular formula is C15H23N3O2. The van der Waals surface area contributed by atoms with Gasteiger partial charge in [-0.25, -0.2) is 4.98 Å². The molecule has 0 unspecified atom stereocenters. The highest BCUT2D eigenvalue weighted by atomic mass is 16.5. The third kappa shape index (κ3) is 3.48. The second-order valence-electron chi connectivity index (χ2n) is 5.44. The Hall–Kier alpha value is -1.62. The van der Waals surface area contributed by atoms with Crippen LogP contribution < -0.4 is 10.2 Å². The van der Waals surface area contributed by atoms with Crippen molar-refractivity contribution in [2.75, 3.05) is 31.6 Å². The van der Waals surface area contributed by atoms with Crippen molar-refractivity contribution in [1.82, 2.24) is 10.3 Å². The van der Waals surface area contributed by atoms with Crippen molar-refractivity contribution >= 4 is 11.7 Å². The van der Waals surface area contributed by atoms with Gasteiger partial charge < -0.3 is 15.0 Å². The molecule has 2 heterocycles. The molecule has 0 aliphatic carbocycles. The van der Waals surface area contributed by atoms with Crippen molar-refractivity contribution in [3.05, 3.63) is 23.9 Å². The number of nitrogens with one attached hydrogen (secondary N) is 1. The number of hydrogen-bond acceptors (Lipinski definition) is 4. The first kappa shape index (κ1) is 14.8. The second kappa shape index (κ2) is 6.70. The van der Waals surface area contributed by atoms with Gasteiger partial charge >= 0.3 is 0 Å². The number of amides is 1. The summed E-state index contributed by atoms with van der Waals surface area (Å²) >= 11 is 0. The summed E-state index contributed by atoms with van der Waals surface area (Å²) in [7, 11) is 1.62. The SMILES string of the molecule is CNC(=O)c1ccc(N2CCCO[C@H](C(C)C)C2)nc1. The first-order chi connectivity index (χ1) is 9.61. The minimum absolute atomic E-state index is 0.108. The number of rotatable bonds is 3. The first-order valence-electron chi connectivity index (χ1n) is 7.16. The molecule has 1 N–H and O–H groups in total. The number of ether oxygens (including phenoxy) is 1. The van der Waals surface area contributed by atoms with E-state index in [2.05, 4.69) is 29.0 Å². The predicted octanol–water partition coefficient (Wildman–Crippen LogP) is 1.69. The number of nitrogens with zero attached hydrogens (tertiary/aromatic N) is 2. The molecule has 1 fully saturated rings. The zero-order valence-electron chi connectivity index (χ0n) is 12.4. The maximum atomic E-state index is 11.5. The molecule has 5 heteroatoms. The summed E-state index contributed by atoms with van der Waals surface area (Å²) in [5.41, 5.74) is 0.586. The van der Waals surface area contributed by atoms with E-state index in [0.717, 1.165) is 31.9 Å². The van der Waals surface area contributed by atoms with Gasteiger partial charge in [0, 0.05) is 32.9 Å². The minimum Gasteiger partial charge on any atom is -0.376 e. The van der Waals surface area contributed by atoms with E-state index in [1.807, 2.05) is 12.1 Å². The fourth-order valence-corrected chi connectivity index (χ4v) is 2.31. The zero-order valence-corrected chi connectivity index (χ0v) is 12.4. The Bertz CT molecular complexity index is 445. The maximum Gasteiger partial charge on any atom is 0.252 e. The first-order valence-corrected chi connectivity index (χ1v) is 7.16. The number of carbonyl (C=O) groups is 1. The van der Waals surface area contributed by atoms with Crippen LogP contribution in [0.1, 0.15) is 30.6 Å². The molecule has 0 saturated carbocycles. The molecule has 2 rings (SSSR count). The van der Waals surface area contributed by atoms with Gasteiger partial charge in [-0.2, -0.15) is 0 Å². The normalized spacial score (nSPS) is 19.8. The van der Waals surface area contributed by atoms with E-state index in [0.29, 0.717) is 11.5 Å². The summed E-state index contributed by atoms with van der Waals surface area (Å²) in [5, 5.41) is 2.60. The molecular weight excluding hydrogens is 254 g/mol. The fourth-order valence-electron chi connectivity index (χ4n) is 2.31. The van der Waals surface area contributed by atoms with Crippen LogP contribution in [0.25, 0.3) is 0 Å². The lowest BCUT2D eigenvalue weighted by Crippen LogP contribution is -2.35. The Balaban J connectivity index is 2.11. The van der Waals surface area contributed by atoms with Crippen LogP contribution in [0.3, 0.4) is 0 Å². The van der Waals surface area contributed by atoms with Crippen LogP contribution in [0.5, 0.6) is 0 Å². The summed E-state index contributed by atoms with van der Waals surface area (Å²) in [4.78, 5) is 18.2. The van der Waals surface area contributed by atoms with Gasteiger partial charge in [-0.15, -0.1) is 0 Å². The van der Waals surface area contributed by atoms with E-state index in [9.17, 15) is 4.79 Å². The van der Waals surface area contributed by atoms with Crippen LogP contribution >= 0.6 is 0 Å². The van der Waals surface area contributed by atoms with E-state index in [1.165, 1.54) is 0 Å². The van der Waals surface area contributed by atoms with Crippen molar-refractivity contribution < 1.29 is 9.53 Å². The molecule has 5 nitrogen and oxygen atoms in total. The van der Waals surface area contributed by atoms with Gasteiger partial charge in [-0.1, -0.05) is 13.8 Å². The highest BCUT2D eigenvalue weighted by Crippen LogP contribution is 2.19. The highest BCUT2D eigenvalue weighted by molar-refractivity contribution is 5.93. The monoisotopic (exact) mass is 277 g/mol. The molecule has 1 aliphatic rings. The van der Waals surface area contributed by atoms with Gasteiger partial charge in [0.15, 0.2) is 0 Å². The summed E-state index contributed by atoms with van der Waals surface area (Å²) in [6, 6.07) is 3.73. The van der Waals surface area contributed by atoms with Gasteiger partial charge in [0.05, 0.1) is 11.7 Å². The minimum atomic E-state index is -0.108. The van der Waals surface area contributed by atoms with Gasteiger partial charge in [-0.05, 0) is 24.5 Å². The molecule has 0 aromatic carbocycles. The molecule has 1 aromatic rings. The van der Waals surface area contributed by atoms with Crippen molar-refractivity contribution in [3.8, 4) is 0 Å². The predicted molar refractivity (Wildman–Crippen MR) is 79.0 cm³/mol. The summed E-state index contributed by atoms with van der Waals surface area (Å²) in [5.74, 6) is 1.29. The van der Waals surface area contributed by atoms with Crippen LogP contribution in [0.15, 0.2) is 18.3 Å². The number of anilines is 1. The van der Waals surface area contributed by atoms with Gasteiger partial charge in [0.25, 0.3) is 5.91 Å². The van der Waals surface area contributed by atoms with E-state index >= 15 is 0 Å². The zero-order chi connectivity index (χ0) is 14.5. The topological polar surface area (TPSA) is 54.5 Å². The molecule has 0 radical (unpaired) electrons. The number of carbonyl (C=O) groups excluding carboxylic acids is 1. The number of pyridine rings is 1. The van der Waals surface area contributed by atoms with E-state index in [-0.39, 0.29) is 12.0 Å². The molecule has 0 bridgehead atoms. The molecule has 110 valence electrons. The molecule has 1 aliphatic heterocycles. The van der Waals surface area contributed by atoms with Crippen molar-refractivity contribution in [1.29, 1.82) is 0 Å². The summed E-state index contributed by atoms with van der Waals surface area (Å²) in [6.07, 6.45) is 2.87. The average Bonchev–Trinajstić information content (AvgIpc) is 2.72. The van der Waals surface area contributed by atoms with E-state index in [4.69, 9.17) is 4.74 Å². The van der Waals surface area contributed by atoms with E-state index < -0.39 is 0 Å². The Morgan fingerprint density at radius 2 is 2.30 bits per heavy atom. The number of aromatic nitrogens is 1. The lowest BCUT2D eigenvalue weighted by molar-refractivity contribution is 0.0375. The largest absolute Gasteiger partial charge is 0.376 e. The molecule has 0 spiro atoms. The Kier molecular flexibility index (Phi) is 4.95. The molecule has 1 aromatic heterocycles. The Labute approximate surface area is 120 Å². The van der Waals surface area contributed by atoms with Crippen LogP contribution in [-0.4, -0.2) is 43.7 Å². The Morgan fingerprint density at radius 3 is 2.90 bits per heavy atom. The molecule has 20 heavy (non-hydrogen) atoms. The van der Waals surface area contributed by atoms with Gasteiger partial charge in [-0.3, -0.25) is 4.79 Å². The maximum absolute atomic E-state index is 11.5.